The minimum absolute atomic E-state index is 0.523. The number of hydrogen-bond acceptors (Lipinski definition) is 2. The maximum Gasteiger partial charge on any atom is 0.172 e. The zero-order valence-corrected chi connectivity index (χ0v) is 6.66. The molecular formula is C10H10O2. The molecule has 0 radical (unpaired) electrons. The Hall–Kier alpha value is -1.20. The van der Waals surface area contributed by atoms with Crippen molar-refractivity contribution < 1.29 is 9.52 Å². The molecule has 2 rings (SSSR count). The van der Waals surface area contributed by atoms with Gasteiger partial charge in [0.15, 0.2) is 6.10 Å². The van der Waals surface area contributed by atoms with Gasteiger partial charge in [-0.3, -0.25) is 0 Å². The highest BCUT2D eigenvalue weighted by Crippen LogP contribution is 2.27. The molecule has 0 aromatic carbocycles. The normalized spacial score (nSPS) is 18.1. The zero-order chi connectivity index (χ0) is 8.39. The molecule has 1 aromatic heterocycles. The summed E-state index contributed by atoms with van der Waals surface area (Å²) in [5, 5.41) is 9.42. The minimum Gasteiger partial charge on any atom is -0.466 e. The van der Waals surface area contributed by atoms with Gasteiger partial charge in [-0.15, -0.1) is 0 Å². The Morgan fingerprint density at radius 1 is 1.58 bits per heavy atom. The first-order valence-electron chi connectivity index (χ1n) is 4.09. The lowest BCUT2D eigenvalue weighted by molar-refractivity contribution is 0.206. The van der Waals surface area contributed by atoms with Crippen LogP contribution >= 0.6 is 0 Å². The van der Waals surface area contributed by atoms with E-state index in [1.807, 2.05) is 0 Å². The maximum absolute atomic E-state index is 9.42. The van der Waals surface area contributed by atoms with Crippen molar-refractivity contribution in [1.29, 1.82) is 0 Å². The quantitative estimate of drug-likeness (QED) is 0.638. The maximum atomic E-state index is 9.42. The van der Waals surface area contributed by atoms with Crippen LogP contribution < -0.4 is 0 Å². The van der Waals surface area contributed by atoms with Gasteiger partial charge >= 0.3 is 0 Å². The van der Waals surface area contributed by atoms with E-state index in [9.17, 15) is 5.11 Å². The Labute approximate surface area is 71.2 Å². The fourth-order valence-electron chi connectivity index (χ4n) is 0.942. The summed E-state index contributed by atoms with van der Waals surface area (Å²) >= 11 is 0. The van der Waals surface area contributed by atoms with Gasteiger partial charge in [0.1, 0.15) is 5.76 Å². The first-order valence-corrected chi connectivity index (χ1v) is 4.09. The molecule has 0 bridgehead atoms. The fourth-order valence-corrected chi connectivity index (χ4v) is 0.942. The molecule has 1 N–H and O–H groups in total. The van der Waals surface area contributed by atoms with Crippen LogP contribution in [0.3, 0.4) is 0 Å². The topological polar surface area (TPSA) is 33.4 Å². The molecule has 0 unspecified atom stereocenters. The monoisotopic (exact) mass is 162 g/mol. The lowest BCUT2D eigenvalue weighted by Gasteiger charge is -1.95. The van der Waals surface area contributed by atoms with Crippen LogP contribution in [0.4, 0.5) is 0 Å². The van der Waals surface area contributed by atoms with Gasteiger partial charge < -0.3 is 9.52 Å². The van der Waals surface area contributed by atoms with E-state index in [-0.39, 0.29) is 0 Å². The van der Waals surface area contributed by atoms with E-state index in [0.29, 0.717) is 11.7 Å². The van der Waals surface area contributed by atoms with Crippen molar-refractivity contribution in [3.63, 3.8) is 0 Å². The van der Waals surface area contributed by atoms with Crippen molar-refractivity contribution >= 4 is 0 Å². The van der Waals surface area contributed by atoms with E-state index in [1.54, 1.807) is 12.1 Å². The molecule has 0 saturated heterocycles. The second-order valence-electron chi connectivity index (χ2n) is 2.98. The molecule has 0 amide bonds. The highest BCUT2D eigenvalue weighted by atomic mass is 16.4. The molecule has 0 spiro atoms. The third-order valence-corrected chi connectivity index (χ3v) is 1.81. The summed E-state index contributed by atoms with van der Waals surface area (Å²) in [6, 6.07) is 3.48. The van der Waals surface area contributed by atoms with Gasteiger partial charge in [-0.25, -0.2) is 0 Å². The molecule has 1 aliphatic carbocycles. The third kappa shape index (κ3) is 1.69. The highest BCUT2D eigenvalue weighted by Gasteiger charge is 2.18. The van der Waals surface area contributed by atoms with Crippen LogP contribution in [0.15, 0.2) is 22.8 Å². The Kier molecular flexibility index (Phi) is 1.89. The molecule has 1 fully saturated rings. The van der Waals surface area contributed by atoms with Crippen molar-refractivity contribution in [3.8, 4) is 11.8 Å². The molecule has 0 aliphatic heterocycles. The Morgan fingerprint density at radius 2 is 2.42 bits per heavy atom. The number of hydrogen-bond donors (Lipinski definition) is 1. The van der Waals surface area contributed by atoms with E-state index in [4.69, 9.17) is 4.42 Å². The smallest absolute Gasteiger partial charge is 0.172 e. The third-order valence-electron chi connectivity index (χ3n) is 1.81. The lowest BCUT2D eigenvalue weighted by atomic mass is 10.2. The van der Waals surface area contributed by atoms with Crippen molar-refractivity contribution in [2.75, 3.05) is 0 Å². The predicted octanol–water partition coefficient (Wildman–Crippen LogP) is 1.73. The van der Waals surface area contributed by atoms with Crippen LogP contribution in [0, 0.1) is 17.8 Å². The number of rotatable bonds is 1. The van der Waals surface area contributed by atoms with Crippen LogP contribution in [-0.4, -0.2) is 5.11 Å². The molecular weight excluding hydrogens is 152 g/mol. The van der Waals surface area contributed by atoms with Gasteiger partial charge in [-0.05, 0) is 25.0 Å². The van der Waals surface area contributed by atoms with Crippen molar-refractivity contribution in [3.05, 3.63) is 24.2 Å². The molecule has 12 heavy (non-hydrogen) atoms. The van der Waals surface area contributed by atoms with E-state index >= 15 is 0 Å². The van der Waals surface area contributed by atoms with Crippen LogP contribution in [-0.2, 0) is 0 Å². The summed E-state index contributed by atoms with van der Waals surface area (Å²) in [5.41, 5.74) is 0. The van der Waals surface area contributed by atoms with Crippen LogP contribution in [0.5, 0.6) is 0 Å². The highest BCUT2D eigenvalue weighted by molar-refractivity contribution is 5.18. The summed E-state index contributed by atoms with van der Waals surface area (Å²) in [7, 11) is 0. The van der Waals surface area contributed by atoms with Gasteiger partial charge in [0, 0.05) is 5.92 Å². The summed E-state index contributed by atoms with van der Waals surface area (Å²) in [5.74, 6) is 6.80. The van der Waals surface area contributed by atoms with Crippen LogP contribution in [0.25, 0.3) is 0 Å². The minimum atomic E-state index is -0.749. The van der Waals surface area contributed by atoms with E-state index in [1.165, 1.54) is 19.1 Å². The van der Waals surface area contributed by atoms with Crippen molar-refractivity contribution in [2.24, 2.45) is 5.92 Å². The molecule has 1 saturated carbocycles. The lowest BCUT2D eigenvalue weighted by Crippen LogP contribution is -1.90. The van der Waals surface area contributed by atoms with Gasteiger partial charge in [0.05, 0.1) is 6.26 Å². The van der Waals surface area contributed by atoms with E-state index < -0.39 is 6.10 Å². The van der Waals surface area contributed by atoms with Crippen LogP contribution in [0.2, 0.25) is 0 Å². The first kappa shape index (κ1) is 7.45. The molecule has 1 heterocycles. The molecule has 1 aliphatic rings. The summed E-state index contributed by atoms with van der Waals surface area (Å²) in [4.78, 5) is 0. The predicted molar refractivity (Wildman–Crippen MR) is 44.2 cm³/mol. The SMILES string of the molecule is O[C@H](C#CC1CC1)c1ccco1. The molecule has 1 atom stereocenters. The number of furan rings is 1. The first-order chi connectivity index (χ1) is 5.86. The molecule has 1 aromatic rings. The van der Waals surface area contributed by atoms with Crippen LogP contribution in [0.1, 0.15) is 24.7 Å². The Balaban J connectivity index is 2.01. The average molecular weight is 162 g/mol. The van der Waals surface area contributed by atoms with Gasteiger partial charge in [-0.2, -0.15) is 0 Å². The van der Waals surface area contributed by atoms with Gasteiger partial charge in [0.2, 0.25) is 0 Å². The molecule has 2 heteroatoms. The number of aliphatic hydroxyl groups is 1. The average Bonchev–Trinajstić information content (AvgIpc) is 2.74. The van der Waals surface area contributed by atoms with E-state index in [0.717, 1.165) is 0 Å². The Bertz CT molecular complexity index is 298. The standard InChI is InChI=1S/C10H10O2/c11-9(6-5-8-3-4-8)10-2-1-7-12-10/h1-2,7-9,11H,3-4H2/t9-/m1/s1. The zero-order valence-electron chi connectivity index (χ0n) is 6.66. The van der Waals surface area contributed by atoms with Crippen molar-refractivity contribution in [1.82, 2.24) is 0 Å². The molecule has 2 nitrogen and oxygen atoms in total. The second-order valence-corrected chi connectivity index (χ2v) is 2.98. The largest absolute Gasteiger partial charge is 0.466 e. The number of aliphatic hydroxyl groups excluding tert-OH is 1. The van der Waals surface area contributed by atoms with Crippen molar-refractivity contribution in [2.45, 2.75) is 18.9 Å². The summed E-state index contributed by atoms with van der Waals surface area (Å²) in [6.07, 6.45) is 3.15. The Morgan fingerprint density at radius 3 is 3.00 bits per heavy atom. The van der Waals surface area contributed by atoms with Gasteiger partial charge in [0.25, 0.3) is 0 Å². The summed E-state index contributed by atoms with van der Waals surface area (Å²) in [6.45, 7) is 0. The molecule has 62 valence electrons. The van der Waals surface area contributed by atoms with E-state index in [2.05, 4.69) is 11.8 Å². The van der Waals surface area contributed by atoms with Gasteiger partial charge in [-0.1, -0.05) is 11.8 Å². The fraction of sp³-hybridized carbons (Fsp3) is 0.400. The second kappa shape index (κ2) is 3.04. The summed E-state index contributed by atoms with van der Waals surface area (Å²) < 4.78 is 5.00.